The molecule has 2 rings (SSSR count). The van der Waals surface area contributed by atoms with Gasteiger partial charge in [-0.15, -0.1) is 0 Å². The van der Waals surface area contributed by atoms with E-state index in [-0.39, 0.29) is 0 Å². The molecule has 0 aliphatic heterocycles. The van der Waals surface area contributed by atoms with Gasteiger partial charge in [0.05, 0.1) is 0 Å². The van der Waals surface area contributed by atoms with Crippen LogP contribution in [0.4, 0.5) is 0 Å². The molecular weight excluding hydrogens is 411 g/mol. The van der Waals surface area contributed by atoms with Crippen LogP contribution in [-0.4, -0.2) is 5.33 Å². The molecular formula is C15H12Br2Cl2. The van der Waals surface area contributed by atoms with Gasteiger partial charge in [-0.3, -0.25) is 0 Å². The number of hydrogen-bond donors (Lipinski definition) is 0. The molecule has 0 fully saturated rings. The molecule has 1 atom stereocenters. The van der Waals surface area contributed by atoms with Gasteiger partial charge in [0.25, 0.3) is 0 Å². The third kappa shape index (κ3) is 3.98. The van der Waals surface area contributed by atoms with Crippen LogP contribution >= 0.6 is 55.1 Å². The van der Waals surface area contributed by atoms with Crippen LogP contribution in [0.2, 0.25) is 10.0 Å². The summed E-state index contributed by atoms with van der Waals surface area (Å²) in [4.78, 5) is 0. The van der Waals surface area contributed by atoms with E-state index >= 15 is 0 Å². The van der Waals surface area contributed by atoms with Crippen LogP contribution in [0.15, 0.2) is 46.9 Å². The first-order chi connectivity index (χ1) is 9.11. The van der Waals surface area contributed by atoms with E-state index in [2.05, 4.69) is 56.1 Å². The molecule has 0 heterocycles. The number of alkyl halides is 1. The van der Waals surface area contributed by atoms with Gasteiger partial charge in [0, 0.05) is 19.8 Å². The molecule has 19 heavy (non-hydrogen) atoms. The van der Waals surface area contributed by atoms with E-state index in [0.717, 1.165) is 31.8 Å². The fourth-order valence-corrected chi connectivity index (χ4v) is 3.39. The monoisotopic (exact) mass is 420 g/mol. The van der Waals surface area contributed by atoms with Crippen molar-refractivity contribution in [2.75, 3.05) is 5.33 Å². The zero-order valence-electron chi connectivity index (χ0n) is 10.0. The Morgan fingerprint density at radius 2 is 1.53 bits per heavy atom. The molecule has 0 radical (unpaired) electrons. The van der Waals surface area contributed by atoms with Crippen molar-refractivity contribution in [2.24, 2.45) is 0 Å². The van der Waals surface area contributed by atoms with Crippen LogP contribution in [0.1, 0.15) is 17.0 Å². The first-order valence-electron chi connectivity index (χ1n) is 5.86. The molecule has 2 aromatic rings. The Morgan fingerprint density at radius 1 is 0.947 bits per heavy atom. The van der Waals surface area contributed by atoms with Gasteiger partial charge in [0.1, 0.15) is 0 Å². The highest BCUT2D eigenvalue weighted by atomic mass is 79.9. The first-order valence-corrected chi connectivity index (χ1v) is 8.53. The van der Waals surface area contributed by atoms with Gasteiger partial charge in [-0.05, 0) is 47.7 Å². The number of halogens is 4. The van der Waals surface area contributed by atoms with Crippen LogP contribution < -0.4 is 0 Å². The van der Waals surface area contributed by atoms with Crippen molar-refractivity contribution in [3.8, 4) is 0 Å². The normalized spacial score (nSPS) is 12.4. The standard InChI is InChI=1S/C15H12Br2Cl2/c16-9-11(10-4-6-12(17)7-5-10)8-13-14(18)2-1-3-15(13)19/h1-7,11H,8-9H2. The van der Waals surface area contributed by atoms with Crippen molar-refractivity contribution in [1.82, 2.24) is 0 Å². The summed E-state index contributed by atoms with van der Waals surface area (Å²) in [5, 5.41) is 2.34. The molecule has 0 saturated carbocycles. The molecule has 0 aliphatic carbocycles. The fraction of sp³-hybridized carbons (Fsp3) is 0.200. The summed E-state index contributed by atoms with van der Waals surface area (Å²) in [6.45, 7) is 0. The van der Waals surface area contributed by atoms with E-state index in [1.54, 1.807) is 0 Å². The van der Waals surface area contributed by atoms with Crippen molar-refractivity contribution in [3.63, 3.8) is 0 Å². The Bertz CT molecular complexity index is 532. The second kappa shape index (κ2) is 7.12. The van der Waals surface area contributed by atoms with E-state index in [0.29, 0.717) is 5.92 Å². The predicted octanol–water partition coefficient (Wildman–Crippen LogP) is 6.48. The SMILES string of the molecule is Clc1cccc(Cl)c1CC(CBr)c1ccc(Br)cc1. The van der Waals surface area contributed by atoms with E-state index in [1.807, 2.05) is 18.2 Å². The topological polar surface area (TPSA) is 0 Å². The summed E-state index contributed by atoms with van der Waals surface area (Å²) < 4.78 is 1.08. The highest BCUT2D eigenvalue weighted by molar-refractivity contribution is 9.10. The highest BCUT2D eigenvalue weighted by Gasteiger charge is 2.15. The Morgan fingerprint density at radius 3 is 2.05 bits per heavy atom. The molecule has 4 heteroatoms. The van der Waals surface area contributed by atoms with Gasteiger partial charge in [-0.2, -0.15) is 0 Å². The van der Waals surface area contributed by atoms with Crippen LogP contribution in [-0.2, 0) is 6.42 Å². The zero-order valence-corrected chi connectivity index (χ0v) is 14.7. The van der Waals surface area contributed by atoms with E-state index in [4.69, 9.17) is 23.2 Å². The summed E-state index contributed by atoms with van der Waals surface area (Å²) in [6.07, 6.45) is 0.825. The van der Waals surface area contributed by atoms with E-state index in [9.17, 15) is 0 Å². The lowest BCUT2D eigenvalue weighted by molar-refractivity contribution is 0.775. The smallest absolute Gasteiger partial charge is 0.0453 e. The van der Waals surface area contributed by atoms with Crippen LogP contribution in [0.5, 0.6) is 0 Å². The molecule has 100 valence electrons. The van der Waals surface area contributed by atoms with Crippen molar-refractivity contribution in [2.45, 2.75) is 12.3 Å². The first kappa shape index (κ1) is 15.4. The van der Waals surface area contributed by atoms with E-state index < -0.39 is 0 Å². The lowest BCUT2D eigenvalue weighted by Crippen LogP contribution is -2.05. The molecule has 2 aromatic carbocycles. The van der Waals surface area contributed by atoms with Crippen LogP contribution in [0.3, 0.4) is 0 Å². The van der Waals surface area contributed by atoms with Gasteiger partial charge >= 0.3 is 0 Å². The Hall–Kier alpha value is -0.0200. The number of benzene rings is 2. The maximum Gasteiger partial charge on any atom is 0.0453 e. The third-order valence-corrected chi connectivity index (χ3v) is 5.06. The largest absolute Gasteiger partial charge is 0.0921 e. The minimum absolute atomic E-state index is 0.352. The average molecular weight is 423 g/mol. The summed E-state index contributed by atoms with van der Waals surface area (Å²) in [5.41, 5.74) is 2.29. The highest BCUT2D eigenvalue weighted by Crippen LogP contribution is 2.31. The van der Waals surface area contributed by atoms with Gasteiger partial charge in [0.2, 0.25) is 0 Å². The zero-order chi connectivity index (χ0) is 13.8. The molecule has 0 amide bonds. The van der Waals surface area contributed by atoms with Crippen molar-refractivity contribution in [1.29, 1.82) is 0 Å². The molecule has 0 aliphatic rings. The molecule has 0 nitrogen and oxygen atoms in total. The van der Waals surface area contributed by atoms with Crippen molar-refractivity contribution >= 4 is 55.1 Å². The fourth-order valence-electron chi connectivity index (χ4n) is 1.97. The van der Waals surface area contributed by atoms with Gasteiger partial charge in [0.15, 0.2) is 0 Å². The lowest BCUT2D eigenvalue weighted by Gasteiger charge is -2.16. The summed E-state index contributed by atoms with van der Waals surface area (Å²) in [5.74, 6) is 0.352. The number of hydrogen-bond acceptors (Lipinski definition) is 0. The Balaban J connectivity index is 2.26. The number of rotatable bonds is 4. The van der Waals surface area contributed by atoms with Crippen LogP contribution in [0.25, 0.3) is 0 Å². The van der Waals surface area contributed by atoms with Crippen molar-refractivity contribution in [3.05, 3.63) is 68.1 Å². The summed E-state index contributed by atoms with van der Waals surface area (Å²) in [6, 6.07) is 14.0. The minimum atomic E-state index is 0.352. The molecule has 0 N–H and O–H groups in total. The second-order valence-corrected chi connectivity index (χ2v) is 6.68. The Labute approximate surface area is 140 Å². The van der Waals surface area contributed by atoms with E-state index in [1.165, 1.54) is 5.56 Å². The lowest BCUT2D eigenvalue weighted by atomic mass is 9.94. The molecule has 0 bridgehead atoms. The molecule has 1 unspecified atom stereocenters. The molecule has 0 spiro atoms. The Kier molecular flexibility index (Phi) is 5.76. The van der Waals surface area contributed by atoms with Gasteiger partial charge < -0.3 is 0 Å². The average Bonchev–Trinajstić information content (AvgIpc) is 2.40. The van der Waals surface area contributed by atoms with Gasteiger partial charge in [-0.25, -0.2) is 0 Å². The summed E-state index contributed by atoms with van der Waals surface area (Å²) in [7, 11) is 0. The minimum Gasteiger partial charge on any atom is -0.0921 e. The molecule has 0 aromatic heterocycles. The van der Waals surface area contributed by atoms with Crippen molar-refractivity contribution < 1.29 is 0 Å². The third-order valence-electron chi connectivity index (χ3n) is 3.04. The predicted molar refractivity (Wildman–Crippen MR) is 90.8 cm³/mol. The maximum absolute atomic E-state index is 6.24. The quantitative estimate of drug-likeness (QED) is 0.495. The maximum atomic E-state index is 6.24. The van der Waals surface area contributed by atoms with Gasteiger partial charge in [-0.1, -0.05) is 73.3 Å². The molecule has 0 saturated heterocycles. The van der Waals surface area contributed by atoms with Crippen LogP contribution in [0, 0.1) is 0 Å². The summed E-state index contributed by atoms with van der Waals surface area (Å²) >= 11 is 19.5. The second-order valence-electron chi connectivity index (χ2n) is 4.31.